The lowest BCUT2D eigenvalue weighted by Crippen LogP contribution is -2.26. The third kappa shape index (κ3) is 9.89. The maximum absolute atomic E-state index is 12.2. The first-order chi connectivity index (χ1) is 20.4. The first-order valence-corrected chi connectivity index (χ1v) is 14.6. The van der Waals surface area contributed by atoms with E-state index in [0.29, 0.717) is 23.8 Å². The molecule has 12 heteroatoms. The van der Waals surface area contributed by atoms with Gasteiger partial charge in [-0.15, -0.1) is 15.3 Å². The Balaban J connectivity index is 1.15. The van der Waals surface area contributed by atoms with Gasteiger partial charge in [0.05, 0.1) is 25.3 Å². The van der Waals surface area contributed by atoms with Gasteiger partial charge in [0.15, 0.2) is 5.82 Å². The SMILES string of the molecule is COC(=O)NC(C)c1cccc(CC(O)Nc2ccc(CCCCc3nnc(NC(=O)Cc4ccccc4)s3)nn2)c1. The largest absolute Gasteiger partial charge is 0.453 e. The van der Waals surface area contributed by atoms with Crippen LogP contribution in [0.4, 0.5) is 15.7 Å². The third-order valence-electron chi connectivity index (χ3n) is 6.43. The fourth-order valence-electron chi connectivity index (χ4n) is 4.26. The van der Waals surface area contributed by atoms with Gasteiger partial charge in [0.1, 0.15) is 11.2 Å². The second-order valence-electron chi connectivity index (χ2n) is 9.80. The molecule has 2 unspecified atom stereocenters. The number of nitrogens with one attached hydrogen (secondary N) is 3. The molecule has 0 saturated heterocycles. The lowest BCUT2D eigenvalue weighted by Gasteiger charge is -2.16. The number of methoxy groups -OCH3 is 1. The Morgan fingerprint density at radius 1 is 0.929 bits per heavy atom. The number of nitrogens with zero attached hydrogens (tertiary/aromatic N) is 4. The molecule has 220 valence electrons. The summed E-state index contributed by atoms with van der Waals surface area (Å²) in [6, 6.07) is 20.7. The van der Waals surface area contributed by atoms with Crippen molar-refractivity contribution in [2.24, 2.45) is 0 Å². The molecule has 2 atom stereocenters. The molecule has 0 spiro atoms. The summed E-state index contributed by atoms with van der Waals surface area (Å²) < 4.78 is 4.65. The number of hydrogen-bond acceptors (Lipinski definition) is 10. The lowest BCUT2D eigenvalue weighted by atomic mass is 10.0. The molecule has 2 aromatic carbocycles. The summed E-state index contributed by atoms with van der Waals surface area (Å²) in [6.45, 7) is 1.86. The monoisotopic (exact) mass is 589 g/mol. The van der Waals surface area contributed by atoms with Gasteiger partial charge in [-0.05, 0) is 55.0 Å². The Morgan fingerprint density at radius 3 is 2.48 bits per heavy atom. The van der Waals surface area contributed by atoms with Crippen molar-refractivity contribution in [2.75, 3.05) is 17.7 Å². The van der Waals surface area contributed by atoms with Gasteiger partial charge in [-0.3, -0.25) is 4.79 Å². The van der Waals surface area contributed by atoms with E-state index < -0.39 is 12.3 Å². The van der Waals surface area contributed by atoms with Crippen LogP contribution in [0.3, 0.4) is 0 Å². The van der Waals surface area contributed by atoms with Crippen LogP contribution in [0, 0.1) is 0 Å². The highest BCUT2D eigenvalue weighted by Crippen LogP contribution is 2.19. The zero-order chi connectivity index (χ0) is 29.7. The van der Waals surface area contributed by atoms with E-state index in [0.717, 1.165) is 53.1 Å². The van der Waals surface area contributed by atoms with Gasteiger partial charge >= 0.3 is 6.09 Å². The Kier molecular flexibility index (Phi) is 11.3. The summed E-state index contributed by atoms with van der Waals surface area (Å²) in [5.74, 6) is 0.376. The number of amides is 2. The fourth-order valence-corrected chi connectivity index (χ4v) is 5.05. The molecule has 0 bridgehead atoms. The highest BCUT2D eigenvalue weighted by atomic mass is 32.1. The zero-order valence-corrected chi connectivity index (χ0v) is 24.4. The Morgan fingerprint density at radius 2 is 1.71 bits per heavy atom. The van der Waals surface area contributed by atoms with E-state index in [1.165, 1.54) is 18.4 Å². The van der Waals surface area contributed by atoms with Crippen molar-refractivity contribution in [1.29, 1.82) is 0 Å². The molecule has 4 rings (SSSR count). The van der Waals surface area contributed by atoms with E-state index in [1.807, 2.05) is 67.6 Å². The van der Waals surface area contributed by atoms with Gasteiger partial charge < -0.3 is 25.8 Å². The molecule has 2 heterocycles. The molecule has 0 fully saturated rings. The average molecular weight is 590 g/mol. The maximum atomic E-state index is 12.2. The van der Waals surface area contributed by atoms with Crippen LogP contribution in [0.5, 0.6) is 0 Å². The number of aliphatic hydroxyl groups is 1. The number of hydrogen-bond donors (Lipinski definition) is 4. The topological polar surface area (TPSA) is 151 Å². The summed E-state index contributed by atoms with van der Waals surface area (Å²) >= 11 is 1.40. The molecule has 2 aromatic heterocycles. The first kappa shape index (κ1) is 30.5. The number of carbonyl (C=O) groups is 2. The Labute approximate surface area is 248 Å². The second kappa shape index (κ2) is 15.5. The molecule has 4 aromatic rings. The molecular weight excluding hydrogens is 554 g/mol. The molecule has 2 amide bonds. The minimum absolute atomic E-state index is 0.109. The number of aromatic nitrogens is 4. The van der Waals surface area contributed by atoms with Crippen LogP contribution in [0.25, 0.3) is 0 Å². The minimum atomic E-state index is -0.857. The van der Waals surface area contributed by atoms with Gasteiger partial charge in [-0.25, -0.2) is 4.79 Å². The van der Waals surface area contributed by atoms with Gasteiger partial charge in [0.2, 0.25) is 11.0 Å². The maximum Gasteiger partial charge on any atom is 0.407 e. The number of anilines is 2. The van der Waals surface area contributed by atoms with Crippen LogP contribution >= 0.6 is 11.3 Å². The quantitative estimate of drug-likeness (QED) is 0.123. The Bertz CT molecular complexity index is 1430. The van der Waals surface area contributed by atoms with E-state index in [4.69, 9.17) is 0 Å². The van der Waals surface area contributed by atoms with E-state index in [2.05, 4.69) is 41.1 Å². The highest BCUT2D eigenvalue weighted by Gasteiger charge is 2.13. The van der Waals surface area contributed by atoms with E-state index in [-0.39, 0.29) is 11.9 Å². The second-order valence-corrected chi connectivity index (χ2v) is 10.9. The molecule has 0 aliphatic carbocycles. The number of rotatable bonds is 14. The van der Waals surface area contributed by atoms with Gasteiger partial charge in [0, 0.05) is 12.8 Å². The molecule has 0 radical (unpaired) electrons. The van der Waals surface area contributed by atoms with Gasteiger partial charge in [-0.1, -0.05) is 65.9 Å². The number of aliphatic hydroxyl groups excluding tert-OH is 1. The predicted octanol–water partition coefficient (Wildman–Crippen LogP) is 4.46. The van der Waals surface area contributed by atoms with Crippen molar-refractivity contribution in [3.05, 3.63) is 94.1 Å². The van der Waals surface area contributed by atoms with Crippen molar-refractivity contribution in [2.45, 2.75) is 57.7 Å². The van der Waals surface area contributed by atoms with E-state index >= 15 is 0 Å². The number of benzene rings is 2. The van der Waals surface area contributed by atoms with E-state index in [9.17, 15) is 14.7 Å². The van der Waals surface area contributed by atoms with Crippen LogP contribution in [0.2, 0.25) is 0 Å². The van der Waals surface area contributed by atoms with Gasteiger partial charge in [-0.2, -0.15) is 5.10 Å². The van der Waals surface area contributed by atoms with Crippen molar-refractivity contribution in [3.8, 4) is 0 Å². The number of aryl methyl sites for hydroxylation is 2. The smallest absolute Gasteiger partial charge is 0.407 e. The summed E-state index contributed by atoms with van der Waals surface area (Å²) in [4.78, 5) is 23.7. The molecule has 11 nitrogen and oxygen atoms in total. The number of unbranched alkanes of at least 4 members (excludes halogenated alkanes) is 1. The normalized spacial score (nSPS) is 12.3. The first-order valence-electron chi connectivity index (χ1n) is 13.7. The predicted molar refractivity (Wildman–Crippen MR) is 161 cm³/mol. The summed E-state index contributed by atoms with van der Waals surface area (Å²) in [5, 5.41) is 37.2. The Hall–Kier alpha value is -4.42. The zero-order valence-electron chi connectivity index (χ0n) is 23.6. The summed E-state index contributed by atoms with van der Waals surface area (Å²) in [5.41, 5.74) is 3.63. The minimum Gasteiger partial charge on any atom is -0.453 e. The molecule has 0 aliphatic heterocycles. The van der Waals surface area contributed by atoms with Crippen LogP contribution in [0.1, 0.15) is 53.2 Å². The van der Waals surface area contributed by atoms with Crippen molar-refractivity contribution in [1.82, 2.24) is 25.7 Å². The fraction of sp³-hybridized carbons (Fsp3) is 0.333. The van der Waals surface area contributed by atoms with Crippen LogP contribution in [-0.4, -0.2) is 50.8 Å². The highest BCUT2D eigenvalue weighted by molar-refractivity contribution is 7.15. The number of alkyl carbamates (subject to hydrolysis) is 1. The standard InChI is InChI=1S/C30H35N7O4S/c1-20(31-30(40)41-2)23-12-8-11-22(17-23)19-26(38)32-25-16-15-24(34-35-25)13-6-7-14-28-36-37-29(42-28)33-27(39)18-21-9-4-3-5-10-21/h3-5,8-12,15-17,20,26,38H,6-7,13-14,18-19H2,1-2H3,(H,31,40)(H,32,35)(H,33,37,39). The van der Waals surface area contributed by atoms with Crippen LogP contribution < -0.4 is 16.0 Å². The average Bonchev–Trinajstić information content (AvgIpc) is 3.43. The van der Waals surface area contributed by atoms with Crippen molar-refractivity contribution < 1.29 is 19.4 Å². The van der Waals surface area contributed by atoms with Crippen LogP contribution in [-0.2, 0) is 35.2 Å². The molecule has 0 aliphatic rings. The van der Waals surface area contributed by atoms with Gasteiger partial charge in [0.25, 0.3) is 0 Å². The lowest BCUT2D eigenvalue weighted by molar-refractivity contribution is -0.115. The van der Waals surface area contributed by atoms with Crippen molar-refractivity contribution in [3.63, 3.8) is 0 Å². The molecule has 42 heavy (non-hydrogen) atoms. The summed E-state index contributed by atoms with van der Waals surface area (Å²) in [7, 11) is 1.32. The third-order valence-corrected chi connectivity index (χ3v) is 7.33. The number of carbonyl (C=O) groups excluding carboxylic acids is 2. The summed E-state index contributed by atoms with van der Waals surface area (Å²) in [6.07, 6.45) is 2.64. The molecule has 4 N–H and O–H groups in total. The van der Waals surface area contributed by atoms with Crippen molar-refractivity contribution >= 4 is 34.3 Å². The molecular formula is C30H35N7O4S. The van der Waals surface area contributed by atoms with Crippen LogP contribution in [0.15, 0.2) is 66.7 Å². The molecule has 0 saturated carbocycles. The number of ether oxygens (including phenoxy) is 1. The van der Waals surface area contributed by atoms with E-state index in [1.54, 1.807) is 6.07 Å².